The third kappa shape index (κ3) is 4.85. The van der Waals surface area contributed by atoms with Gasteiger partial charge in [0, 0.05) is 23.7 Å². The number of halogens is 1. The molecule has 160 valence electrons. The number of nitrogens with zero attached hydrogens (tertiary/aromatic N) is 2. The summed E-state index contributed by atoms with van der Waals surface area (Å²) < 4.78 is 0. The van der Waals surface area contributed by atoms with Crippen molar-refractivity contribution in [2.45, 2.75) is 30.7 Å². The molecule has 2 saturated heterocycles. The maximum atomic E-state index is 13.5. The fourth-order valence-electron chi connectivity index (χ4n) is 4.02. The Hall–Kier alpha value is -1.54. The molecule has 2 aromatic rings. The van der Waals surface area contributed by atoms with E-state index in [1.807, 2.05) is 17.5 Å². The van der Waals surface area contributed by atoms with Gasteiger partial charge in [0.05, 0.1) is 10.6 Å². The van der Waals surface area contributed by atoms with Gasteiger partial charge < -0.3 is 15.1 Å². The molecule has 2 aliphatic heterocycles. The van der Waals surface area contributed by atoms with Crippen LogP contribution in [0.1, 0.15) is 39.9 Å². The maximum Gasteiger partial charge on any atom is 0.257 e. The molecule has 0 bridgehead atoms. The number of carbonyl (C=O) groups excluding carboxylic acids is 2. The highest BCUT2D eigenvalue weighted by Gasteiger charge is 2.43. The summed E-state index contributed by atoms with van der Waals surface area (Å²) in [5.41, 5.74) is 0.439. The molecule has 2 amide bonds. The average molecular weight is 464 g/mol. The highest BCUT2D eigenvalue weighted by atomic mass is 35.5. The third-order valence-electron chi connectivity index (χ3n) is 5.60. The minimum absolute atomic E-state index is 0.0843. The van der Waals surface area contributed by atoms with Crippen molar-refractivity contribution in [2.24, 2.45) is 0 Å². The van der Waals surface area contributed by atoms with Crippen molar-refractivity contribution in [2.75, 3.05) is 31.9 Å². The van der Waals surface area contributed by atoms with E-state index in [1.165, 1.54) is 19.3 Å². The second kappa shape index (κ2) is 10.2. The van der Waals surface area contributed by atoms with E-state index < -0.39 is 6.04 Å². The van der Waals surface area contributed by atoms with Crippen molar-refractivity contribution in [3.05, 3.63) is 57.2 Å². The average Bonchev–Trinajstić information content (AvgIpc) is 3.44. The summed E-state index contributed by atoms with van der Waals surface area (Å²) in [6, 6.07) is 10.5. The Morgan fingerprint density at radius 2 is 1.90 bits per heavy atom. The number of hydrogen-bond acceptors (Lipinski definition) is 5. The molecule has 2 aliphatic rings. The van der Waals surface area contributed by atoms with Crippen LogP contribution in [0.5, 0.6) is 0 Å². The Balaban J connectivity index is 1.48. The van der Waals surface area contributed by atoms with Gasteiger partial charge in [0.1, 0.15) is 11.4 Å². The Morgan fingerprint density at radius 3 is 2.63 bits per heavy atom. The summed E-state index contributed by atoms with van der Waals surface area (Å²) in [5.74, 6) is 0.299. The normalized spacial score (nSPS) is 22.2. The van der Waals surface area contributed by atoms with Crippen LogP contribution in [-0.4, -0.2) is 59.6 Å². The molecule has 0 aliphatic carbocycles. The zero-order valence-corrected chi connectivity index (χ0v) is 19.1. The molecule has 0 saturated carbocycles. The Bertz CT molecular complexity index is 871. The molecule has 1 aromatic heterocycles. The molecule has 30 heavy (non-hydrogen) atoms. The van der Waals surface area contributed by atoms with Crippen LogP contribution < -0.4 is 5.32 Å². The smallest absolute Gasteiger partial charge is 0.257 e. The standard InChI is InChI=1S/C22H26ClN3O2S2/c23-17-8-3-2-7-16(17)21(28)26-18(15-30-22(26)19-9-6-14-29-19)20(27)24-10-13-25-11-4-1-5-12-25/h2-3,6-9,14,18,22H,1,4-5,10-13,15H2,(H,24,27). The minimum Gasteiger partial charge on any atom is -0.353 e. The molecular formula is C22H26ClN3O2S2. The summed E-state index contributed by atoms with van der Waals surface area (Å²) in [6.07, 6.45) is 3.76. The van der Waals surface area contributed by atoms with Gasteiger partial charge in [0.2, 0.25) is 5.91 Å². The van der Waals surface area contributed by atoms with Crippen molar-refractivity contribution in [3.8, 4) is 0 Å². The largest absolute Gasteiger partial charge is 0.353 e. The van der Waals surface area contributed by atoms with Gasteiger partial charge in [0.15, 0.2) is 0 Å². The monoisotopic (exact) mass is 463 g/mol. The number of hydrogen-bond donors (Lipinski definition) is 1. The van der Waals surface area contributed by atoms with Gasteiger partial charge in [-0.15, -0.1) is 23.1 Å². The minimum atomic E-state index is -0.507. The van der Waals surface area contributed by atoms with Gasteiger partial charge in [-0.3, -0.25) is 9.59 Å². The quantitative estimate of drug-likeness (QED) is 0.695. The van der Waals surface area contributed by atoms with E-state index in [-0.39, 0.29) is 17.2 Å². The van der Waals surface area contributed by atoms with Crippen LogP contribution in [0.2, 0.25) is 5.02 Å². The number of thioether (sulfide) groups is 1. The lowest BCUT2D eigenvalue weighted by atomic mass is 10.1. The van der Waals surface area contributed by atoms with Crippen LogP contribution in [0, 0.1) is 0 Å². The molecular weight excluding hydrogens is 438 g/mol. The van der Waals surface area contributed by atoms with E-state index in [0.717, 1.165) is 24.5 Å². The summed E-state index contributed by atoms with van der Waals surface area (Å²) >= 11 is 9.55. The number of carbonyl (C=O) groups is 2. The van der Waals surface area contributed by atoms with Gasteiger partial charge in [-0.05, 0) is 49.5 Å². The van der Waals surface area contributed by atoms with E-state index in [4.69, 9.17) is 11.6 Å². The highest BCUT2D eigenvalue weighted by Crippen LogP contribution is 2.44. The molecule has 5 nitrogen and oxygen atoms in total. The lowest BCUT2D eigenvalue weighted by Gasteiger charge is -2.29. The van der Waals surface area contributed by atoms with Gasteiger partial charge >= 0.3 is 0 Å². The molecule has 2 unspecified atom stereocenters. The first-order valence-electron chi connectivity index (χ1n) is 10.4. The van der Waals surface area contributed by atoms with E-state index in [1.54, 1.807) is 52.3 Å². The van der Waals surface area contributed by atoms with Gasteiger partial charge in [-0.25, -0.2) is 0 Å². The van der Waals surface area contributed by atoms with Crippen molar-refractivity contribution in [1.82, 2.24) is 15.1 Å². The zero-order valence-electron chi connectivity index (χ0n) is 16.8. The van der Waals surface area contributed by atoms with Crippen LogP contribution in [0.3, 0.4) is 0 Å². The molecule has 0 spiro atoms. The summed E-state index contributed by atoms with van der Waals surface area (Å²) in [6.45, 7) is 3.68. The van der Waals surface area contributed by atoms with Crippen LogP contribution >= 0.6 is 34.7 Å². The summed E-state index contributed by atoms with van der Waals surface area (Å²) in [4.78, 5) is 31.7. The predicted octanol–water partition coefficient (Wildman–Crippen LogP) is 4.26. The second-order valence-corrected chi connectivity index (χ2v) is 10.1. The lowest BCUT2D eigenvalue weighted by molar-refractivity contribution is -0.124. The fraction of sp³-hybridized carbons (Fsp3) is 0.455. The van der Waals surface area contributed by atoms with Crippen LogP contribution in [0.15, 0.2) is 41.8 Å². The molecule has 4 rings (SSSR count). The number of amides is 2. The first-order chi connectivity index (χ1) is 14.6. The van der Waals surface area contributed by atoms with E-state index in [9.17, 15) is 9.59 Å². The first kappa shape index (κ1) is 21.7. The second-order valence-electron chi connectivity index (χ2n) is 7.60. The number of likely N-dealkylation sites (tertiary alicyclic amines) is 1. The molecule has 0 radical (unpaired) electrons. The lowest BCUT2D eigenvalue weighted by Crippen LogP contribution is -2.49. The zero-order chi connectivity index (χ0) is 20.9. The number of nitrogens with one attached hydrogen (secondary N) is 1. The fourth-order valence-corrected chi connectivity index (χ4v) is 6.63. The van der Waals surface area contributed by atoms with Gasteiger partial charge in [0.25, 0.3) is 5.91 Å². The van der Waals surface area contributed by atoms with Crippen molar-refractivity contribution in [1.29, 1.82) is 0 Å². The van der Waals surface area contributed by atoms with Gasteiger partial charge in [-0.2, -0.15) is 0 Å². The van der Waals surface area contributed by atoms with Gasteiger partial charge in [-0.1, -0.05) is 36.2 Å². The Morgan fingerprint density at radius 1 is 1.10 bits per heavy atom. The van der Waals surface area contributed by atoms with Crippen molar-refractivity contribution < 1.29 is 9.59 Å². The number of piperidine rings is 1. The van der Waals surface area contributed by atoms with E-state index in [2.05, 4.69) is 10.2 Å². The Labute approximate surface area is 190 Å². The first-order valence-corrected chi connectivity index (χ1v) is 12.7. The highest BCUT2D eigenvalue weighted by molar-refractivity contribution is 7.99. The molecule has 2 fully saturated rings. The molecule has 3 heterocycles. The van der Waals surface area contributed by atoms with Crippen molar-refractivity contribution >= 4 is 46.5 Å². The van der Waals surface area contributed by atoms with E-state index in [0.29, 0.717) is 22.9 Å². The summed E-state index contributed by atoms with van der Waals surface area (Å²) in [5, 5.41) is 5.31. The number of benzene rings is 1. The maximum absolute atomic E-state index is 13.5. The number of thiophene rings is 1. The Kier molecular flexibility index (Phi) is 7.36. The summed E-state index contributed by atoms with van der Waals surface area (Å²) in [7, 11) is 0. The van der Waals surface area contributed by atoms with E-state index >= 15 is 0 Å². The predicted molar refractivity (Wildman–Crippen MR) is 124 cm³/mol. The SMILES string of the molecule is O=C(NCCN1CCCCC1)C1CSC(c2cccs2)N1C(=O)c1ccccc1Cl. The number of rotatable bonds is 6. The van der Waals surface area contributed by atoms with Crippen LogP contribution in [-0.2, 0) is 4.79 Å². The van der Waals surface area contributed by atoms with Crippen molar-refractivity contribution in [3.63, 3.8) is 0 Å². The third-order valence-corrected chi connectivity index (χ3v) is 8.31. The molecule has 8 heteroatoms. The van der Waals surface area contributed by atoms with Crippen LogP contribution in [0.25, 0.3) is 0 Å². The topological polar surface area (TPSA) is 52.7 Å². The molecule has 1 N–H and O–H groups in total. The van der Waals surface area contributed by atoms with Crippen LogP contribution in [0.4, 0.5) is 0 Å². The molecule has 2 atom stereocenters. The molecule has 1 aromatic carbocycles.